The molecule has 3 heterocycles. The molecule has 0 aliphatic carbocycles. The Kier molecular flexibility index (Phi) is 9.47. The molecule has 2 fully saturated rings. The number of piperidine rings is 1. The Hall–Kier alpha value is -3.30. The molecule has 236 valence electrons. The van der Waals surface area contributed by atoms with Gasteiger partial charge >= 0.3 is 0 Å². The van der Waals surface area contributed by atoms with Crippen molar-refractivity contribution >= 4 is 60.0 Å². The summed E-state index contributed by atoms with van der Waals surface area (Å²) in [7, 11) is -8.70. The van der Waals surface area contributed by atoms with Crippen LogP contribution in [0.5, 0.6) is 0 Å². The summed E-state index contributed by atoms with van der Waals surface area (Å²) < 4.78 is 58.7. The highest BCUT2D eigenvalue weighted by Crippen LogP contribution is 2.31. The summed E-state index contributed by atoms with van der Waals surface area (Å²) in [6.45, 7) is 2.75. The lowest BCUT2D eigenvalue weighted by Gasteiger charge is -2.46. The van der Waals surface area contributed by atoms with E-state index in [1.54, 1.807) is 36.7 Å². The van der Waals surface area contributed by atoms with Gasteiger partial charge in [-0.15, -0.1) is 0 Å². The van der Waals surface area contributed by atoms with Gasteiger partial charge in [-0.05, 0) is 65.9 Å². The first-order chi connectivity index (χ1) is 20.8. The number of halogens is 1. The van der Waals surface area contributed by atoms with Gasteiger partial charge < -0.3 is 15.1 Å². The maximum absolute atomic E-state index is 14.0. The van der Waals surface area contributed by atoms with E-state index in [1.165, 1.54) is 24.0 Å². The van der Waals surface area contributed by atoms with E-state index in [-0.39, 0.29) is 36.4 Å². The first-order valence-corrected chi connectivity index (χ1v) is 17.7. The standard InChI is InChI=1S/C29H34ClN5O7S2/c1-20(36)32-17-26-19-35(44(40,41)27-6-4-22-15-24(30)5-3-23(22)16-27)29(42-43(2,38)39)28(37)34(26)18-21-9-13-33(14-10-21)25-7-11-31-12-8-25/h3-8,11-12,15-16,21,26,29H,9-10,13-14,17-19H2,1-2H3,(H,32,36). The Morgan fingerprint density at radius 1 is 1.02 bits per heavy atom. The molecule has 3 aromatic rings. The maximum atomic E-state index is 14.0. The van der Waals surface area contributed by atoms with Gasteiger partial charge in [0.2, 0.25) is 22.2 Å². The molecule has 12 nitrogen and oxygen atoms in total. The van der Waals surface area contributed by atoms with E-state index in [2.05, 4.69) is 15.2 Å². The first kappa shape index (κ1) is 32.1. The second kappa shape index (κ2) is 13.0. The Morgan fingerprint density at radius 3 is 2.34 bits per heavy atom. The number of hydrogen-bond donors (Lipinski definition) is 1. The zero-order chi connectivity index (χ0) is 31.6. The zero-order valence-corrected chi connectivity index (χ0v) is 26.7. The van der Waals surface area contributed by atoms with Crippen LogP contribution in [-0.4, -0.2) is 94.1 Å². The second-order valence-corrected chi connectivity index (χ2v) is 15.0. The third kappa shape index (κ3) is 7.32. The van der Waals surface area contributed by atoms with Gasteiger partial charge in [-0.2, -0.15) is 12.7 Å². The van der Waals surface area contributed by atoms with E-state index in [0.29, 0.717) is 15.8 Å². The van der Waals surface area contributed by atoms with Crippen LogP contribution in [0.25, 0.3) is 10.8 Å². The van der Waals surface area contributed by atoms with E-state index >= 15 is 0 Å². The minimum Gasteiger partial charge on any atom is -0.371 e. The molecule has 2 aliphatic heterocycles. The van der Waals surface area contributed by atoms with Crippen molar-refractivity contribution < 1.29 is 30.6 Å². The number of carbonyl (C=O) groups is 2. The number of pyridine rings is 1. The third-order valence-electron chi connectivity index (χ3n) is 7.92. The number of anilines is 1. The van der Waals surface area contributed by atoms with Crippen molar-refractivity contribution in [2.24, 2.45) is 5.92 Å². The molecule has 0 bridgehead atoms. The molecule has 1 N–H and O–H groups in total. The number of nitrogens with zero attached hydrogens (tertiary/aromatic N) is 4. The van der Waals surface area contributed by atoms with Crippen LogP contribution in [0.4, 0.5) is 5.69 Å². The molecule has 2 aliphatic rings. The lowest BCUT2D eigenvalue weighted by molar-refractivity contribution is -0.154. The van der Waals surface area contributed by atoms with Gasteiger partial charge in [-0.1, -0.05) is 23.7 Å². The van der Waals surface area contributed by atoms with E-state index in [1.807, 2.05) is 12.1 Å². The van der Waals surface area contributed by atoms with Crippen molar-refractivity contribution in [1.29, 1.82) is 0 Å². The lowest BCUT2D eigenvalue weighted by Crippen LogP contribution is -2.66. The average molecular weight is 664 g/mol. The van der Waals surface area contributed by atoms with Crippen molar-refractivity contribution in [3.63, 3.8) is 0 Å². The molecular formula is C29H34ClN5O7S2. The van der Waals surface area contributed by atoms with Crippen LogP contribution in [0.15, 0.2) is 65.8 Å². The summed E-state index contributed by atoms with van der Waals surface area (Å²) >= 11 is 6.08. The number of fused-ring (bicyclic) bond motifs is 1. The zero-order valence-electron chi connectivity index (χ0n) is 24.3. The number of aromatic nitrogens is 1. The van der Waals surface area contributed by atoms with Gasteiger partial charge in [0.15, 0.2) is 0 Å². The van der Waals surface area contributed by atoms with Crippen LogP contribution >= 0.6 is 11.6 Å². The van der Waals surface area contributed by atoms with E-state index in [0.717, 1.165) is 42.2 Å². The molecule has 0 saturated carbocycles. The molecule has 2 saturated heterocycles. The topological polar surface area (TPSA) is 146 Å². The molecule has 2 aromatic carbocycles. The minimum absolute atomic E-state index is 0.0230. The van der Waals surface area contributed by atoms with Crippen molar-refractivity contribution in [2.45, 2.75) is 36.9 Å². The second-order valence-electron chi connectivity index (χ2n) is 11.1. The summed E-state index contributed by atoms with van der Waals surface area (Å²) in [5, 5.41) is 4.48. The van der Waals surface area contributed by atoms with E-state index in [4.69, 9.17) is 15.8 Å². The van der Waals surface area contributed by atoms with Crippen LogP contribution in [-0.2, 0) is 33.9 Å². The number of amides is 2. The van der Waals surface area contributed by atoms with Gasteiger partial charge in [0, 0.05) is 62.8 Å². The molecule has 15 heteroatoms. The third-order valence-corrected chi connectivity index (χ3v) is 10.5. The number of nitrogens with one attached hydrogen (secondary N) is 1. The van der Waals surface area contributed by atoms with Crippen LogP contribution in [0.2, 0.25) is 5.02 Å². The summed E-state index contributed by atoms with van der Waals surface area (Å²) in [5.41, 5.74) is 1.05. The SMILES string of the molecule is CC(=O)NCC1CN(S(=O)(=O)c2ccc3cc(Cl)ccc3c2)C(OS(C)(=O)=O)C(=O)N1CC1CCN(c2ccncc2)CC1. The van der Waals surface area contributed by atoms with Crippen LogP contribution in [0, 0.1) is 5.92 Å². The number of sulfonamides is 1. The minimum atomic E-state index is -4.45. The lowest BCUT2D eigenvalue weighted by atomic mass is 9.94. The predicted molar refractivity (Wildman–Crippen MR) is 166 cm³/mol. The predicted octanol–water partition coefficient (Wildman–Crippen LogP) is 2.44. The summed E-state index contributed by atoms with van der Waals surface area (Å²) in [5.74, 6) is -1.09. The van der Waals surface area contributed by atoms with Gasteiger partial charge in [-0.3, -0.25) is 14.6 Å². The van der Waals surface area contributed by atoms with Crippen molar-refractivity contribution in [3.05, 3.63) is 65.9 Å². The summed E-state index contributed by atoms with van der Waals surface area (Å²) in [4.78, 5) is 33.5. The first-order valence-electron chi connectivity index (χ1n) is 14.1. The fourth-order valence-electron chi connectivity index (χ4n) is 5.70. The van der Waals surface area contributed by atoms with Gasteiger partial charge in [-0.25, -0.2) is 12.6 Å². The van der Waals surface area contributed by atoms with E-state index in [9.17, 15) is 26.4 Å². The molecular weight excluding hydrogens is 630 g/mol. The largest absolute Gasteiger partial charge is 0.371 e. The van der Waals surface area contributed by atoms with Crippen molar-refractivity contribution in [1.82, 2.24) is 19.5 Å². The monoisotopic (exact) mass is 663 g/mol. The fourth-order valence-corrected chi connectivity index (χ4v) is 7.99. The molecule has 2 atom stereocenters. The number of carbonyl (C=O) groups excluding carboxylic acids is 2. The quantitative estimate of drug-likeness (QED) is 0.341. The van der Waals surface area contributed by atoms with Crippen molar-refractivity contribution in [3.8, 4) is 0 Å². The maximum Gasteiger partial charge on any atom is 0.269 e. The average Bonchev–Trinajstić information content (AvgIpc) is 2.98. The number of rotatable bonds is 9. The summed E-state index contributed by atoms with van der Waals surface area (Å²) in [6, 6.07) is 12.5. The molecule has 0 spiro atoms. The normalized spacial score (nSPS) is 20.7. The Balaban J connectivity index is 1.44. The summed E-state index contributed by atoms with van der Waals surface area (Å²) in [6.07, 6.45) is 3.79. The van der Waals surface area contributed by atoms with Gasteiger partial charge in [0.05, 0.1) is 17.2 Å². The number of piperazine rings is 1. The fraction of sp³-hybridized carbons (Fsp3) is 0.414. The smallest absolute Gasteiger partial charge is 0.269 e. The molecule has 2 unspecified atom stereocenters. The molecule has 2 amide bonds. The van der Waals surface area contributed by atoms with Crippen LogP contribution in [0.3, 0.4) is 0 Å². The Bertz CT molecular complexity index is 1750. The molecule has 1 aromatic heterocycles. The molecule has 44 heavy (non-hydrogen) atoms. The highest BCUT2D eigenvalue weighted by atomic mass is 35.5. The van der Waals surface area contributed by atoms with Crippen molar-refractivity contribution in [2.75, 3.05) is 43.9 Å². The van der Waals surface area contributed by atoms with Gasteiger partial charge in [0.25, 0.3) is 16.0 Å². The van der Waals surface area contributed by atoms with Crippen LogP contribution < -0.4 is 10.2 Å². The Labute approximate surface area is 262 Å². The van der Waals surface area contributed by atoms with E-state index < -0.39 is 38.3 Å². The number of benzene rings is 2. The molecule has 0 radical (unpaired) electrons. The Morgan fingerprint density at radius 2 is 1.68 bits per heavy atom. The highest BCUT2D eigenvalue weighted by Gasteiger charge is 2.49. The van der Waals surface area contributed by atoms with Crippen LogP contribution in [0.1, 0.15) is 19.8 Å². The highest BCUT2D eigenvalue weighted by molar-refractivity contribution is 7.89. The van der Waals surface area contributed by atoms with Gasteiger partial charge in [0.1, 0.15) is 0 Å². The number of hydrogen-bond acceptors (Lipinski definition) is 9. The molecule has 5 rings (SSSR count).